The van der Waals surface area contributed by atoms with Gasteiger partial charge in [-0.15, -0.1) is 5.92 Å². The molecule has 0 radical (unpaired) electrons. The van der Waals surface area contributed by atoms with Gasteiger partial charge in [0.05, 0.1) is 24.8 Å². The Balaban J connectivity index is 1.86. The van der Waals surface area contributed by atoms with Crippen LogP contribution < -0.4 is 15.8 Å². The Hall–Kier alpha value is -3.20. The van der Waals surface area contributed by atoms with Gasteiger partial charge in [-0.05, 0) is 32.9 Å². The molecule has 206 valence electrons. The van der Waals surface area contributed by atoms with E-state index >= 15 is 0 Å². The molecule has 0 saturated carbocycles. The van der Waals surface area contributed by atoms with Gasteiger partial charge in [-0.1, -0.05) is 31.0 Å². The van der Waals surface area contributed by atoms with Crippen LogP contribution in [0.5, 0.6) is 5.75 Å². The van der Waals surface area contributed by atoms with Crippen molar-refractivity contribution in [1.29, 1.82) is 0 Å². The van der Waals surface area contributed by atoms with Crippen molar-refractivity contribution >= 4 is 13.6 Å². The third-order valence-electron chi connectivity index (χ3n) is 5.59. The molecule has 1 fully saturated rings. The van der Waals surface area contributed by atoms with Crippen molar-refractivity contribution in [2.24, 2.45) is 5.92 Å². The number of benzene rings is 1. The first-order chi connectivity index (χ1) is 17.9. The summed E-state index contributed by atoms with van der Waals surface area (Å²) in [7, 11) is -4.06. The van der Waals surface area contributed by atoms with Gasteiger partial charge in [-0.3, -0.25) is 23.7 Å². The van der Waals surface area contributed by atoms with E-state index in [1.807, 2.05) is 4.98 Å². The summed E-state index contributed by atoms with van der Waals surface area (Å²) in [5, 5.41) is 22.1. The van der Waals surface area contributed by atoms with Crippen LogP contribution in [0.3, 0.4) is 0 Å². The highest BCUT2D eigenvalue weighted by molar-refractivity contribution is 7.54. The monoisotopic (exact) mass is 550 g/mol. The van der Waals surface area contributed by atoms with Crippen LogP contribution in [-0.4, -0.2) is 62.4 Å². The van der Waals surface area contributed by atoms with Crippen LogP contribution in [0.1, 0.15) is 33.9 Å². The first kappa shape index (κ1) is 29.4. The van der Waals surface area contributed by atoms with E-state index in [0.29, 0.717) is 0 Å². The molecule has 12 nitrogen and oxygen atoms in total. The summed E-state index contributed by atoms with van der Waals surface area (Å²) in [5.41, 5.74) is -3.84. The molecule has 38 heavy (non-hydrogen) atoms. The van der Waals surface area contributed by atoms with E-state index < -0.39 is 61.4 Å². The van der Waals surface area contributed by atoms with Crippen LogP contribution in [0.15, 0.2) is 52.2 Å². The summed E-state index contributed by atoms with van der Waals surface area (Å²) in [6, 6.07) is 9.22. The summed E-state index contributed by atoms with van der Waals surface area (Å²) >= 11 is 0. The minimum atomic E-state index is -4.06. The Kier molecular flexibility index (Phi) is 9.35. The predicted octanol–water partition coefficient (Wildman–Crippen LogP) is 1.43. The number of carbonyl (C=O) groups excluding carboxylic acids is 1. The fourth-order valence-electron chi connectivity index (χ4n) is 3.83. The normalized spacial score (nSPS) is 25.2. The van der Waals surface area contributed by atoms with Crippen molar-refractivity contribution in [3.05, 3.63) is 63.4 Å². The minimum absolute atomic E-state index is 0.221. The van der Waals surface area contributed by atoms with Gasteiger partial charge >= 0.3 is 19.3 Å². The van der Waals surface area contributed by atoms with Crippen molar-refractivity contribution in [2.75, 3.05) is 12.8 Å². The van der Waals surface area contributed by atoms with E-state index in [2.05, 4.69) is 11.8 Å². The fraction of sp³-hybridized carbons (Fsp3) is 0.480. The van der Waals surface area contributed by atoms with Gasteiger partial charge in [-0.2, -0.15) is 0 Å². The van der Waals surface area contributed by atoms with Crippen LogP contribution in [0, 0.1) is 17.8 Å². The molecule has 0 aliphatic carbocycles. The number of hydrogen-bond acceptors (Lipinski definition) is 10. The lowest BCUT2D eigenvalue weighted by Crippen LogP contribution is -2.48. The Morgan fingerprint density at radius 2 is 1.92 bits per heavy atom. The number of aromatic amines is 1. The number of rotatable bonds is 10. The standard InChI is InChI=1S/C25H31N2O10P/c1-5-12-25(32)21(29)19(36-23(25)27-13-11-20(28)26-24(27)31)14-34-38(33,37-18-9-7-6-8-10-18)15-17(4)22(30)35-16(2)3/h6-11,13,16-17,19,21,23,29,32H,14-15H2,1-4H3,(H,26,28,31)/t17-,19-,21-,23-,25-,38?/m1/s1. The maximum Gasteiger partial charge on any atom is 0.380 e. The summed E-state index contributed by atoms with van der Waals surface area (Å²) in [5.74, 6) is 3.71. The van der Waals surface area contributed by atoms with Crippen molar-refractivity contribution in [3.63, 3.8) is 0 Å². The largest absolute Gasteiger partial charge is 0.463 e. The highest BCUT2D eigenvalue weighted by Gasteiger charge is 2.56. The van der Waals surface area contributed by atoms with E-state index in [4.69, 9.17) is 18.5 Å². The van der Waals surface area contributed by atoms with Crippen LogP contribution in [0.25, 0.3) is 0 Å². The number of nitrogens with zero attached hydrogens (tertiary/aromatic N) is 1. The van der Waals surface area contributed by atoms with Gasteiger partial charge in [0.1, 0.15) is 18.0 Å². The zero-order valence-electron chi connectivity index (χ0n) is 21.4. The van der Waals surface area contributed by atoms with Crippen LogP contribution in [0.4, 0.5) is 0 Å². The number of para-hydroxylation sites is 1. The third-order valence-corrected chi connectivity index (χ3v) is 7.61. The second-order valence-corrected chi connectivity index (χ2v) is 11.1. The fourth-order valence-corrected chi connectivity index (χ4v) is 5.70. The smallest absolute Gasteiger partial charge is 0.380 e. The summed E-state index contributed by atoms with van der Waals surface area (Å²) in [4.78, 5) is 38.3. The SMILES string of the molecule is CC#C[C@@]1(O)[C@H](O)[C@@H](COP(=O)(C[C@@H](C)C(=O)OC(C)C)Oc2ccccc2)O[C@H]1n1ccc(=O)[nH]c1=O. The van der Waals surface area contributed by atoms with E-state index in [-0.39, 0.29) is 18.0 Å². The maximum absolute atomic E-state index is 13.8. The van der Waals surface area contributed by atoms with Crippen molar-refractivity contribution in [3.8, 4) is 17.6 Å². The summed E-state index contributed by atoms with van der Waals surface area (Å²) in [6.07, 6.45) is -4.21. The molecule has 0 spiro atoms. The molecule has 2 heterocycles. The van der Waals surface area contributed by atoms with E-state index in [0.717, 1.165) is 16.8 Å². The highest BCUT2D eigenvalue weighted by atomic mass is 31.2. The average Bonchev–Trinajstić information content (AvgIpc) is 3.08. The number of esters is 1. The minimum Gasteiger partial charge on any atom is -0.463 e. The number of nitrogens with one attached hydrogen (secondary N) is 1. The van der Waals surface area contributed by atoms with Crippen LogP contribution in [-0.2, 0) is 23.4 Å². The zero-order chi connectivity index (χ0) is 28.1. The highest BCUT2D eigenvalue weighted by Crippen LogP contribution is 2.51. The molecule has 13 heteroatoms. The number of ether oxygens (including phenoxy) is 2. The molecule has 2 aromatic rings. The predicted molar refractivity (Wildman–Crippen MR) is 136 cm³/mol. The molecule has 6 atom stereocenters. The molecule has 1 saturated heterocycles. The van der Waals surface area contributed by atoms with Crippen molar-refractivity contribution in [2.45, 2.75) is 57.8 Å². The molecule has 1 aromatic carbocycles. The second kappa shape index (κ2) is 12.1. The lowest BCUT2D eigenvalue weighted by atomic mass is 9.94. The second-order valence-electron chi connectivity index (χ2n) is 9.07. The molecule has 1 aliphatic heterocycles. The summed E-state index contributed by atoms with van der Waals surface area (Å²) in [6.45, 7) is 5.75. The molecule has 0 bridgehead atoms. The van der Waals surface area contributed by atoms with E-state index in [9.17, 15) is 29.2 Å². The first-order valence-corrected chi connectivity index (χ1v) is 13.6. The van der Waals surface area contributed by atoms with Gasteiger partial charge in [0.2, 0.25) is 0 Å². The Morgan fingerprint density at radius 1 is 1.24 bits per heavy atom. The number of aromatic nitrogens is 2. The lowest BCUT2D eigenvalue weighted by Gasteiger charge is -2.26. The van der Waals surface area contributed by atoms with Gasteiger partial charge in [0.15, 0.2) is 11.8 Å². The zero-order valence-corrected chi connectivity index (χ0v) is 22.3. The van der Waals surface area contributed by atoms with Crippen molar-refractivity contribution < 1.29 is 38.1 Å². The van der Waals surface area contributed by atoms with Gasteiger partial charge in [0.25, 0.3) is 5.56 Å². The van der Waals surface area contributed by atoms with E-state index in [1.165, 1.54) is 13.8 Å². The van der Waals surface area contributed by atoms with Gasteiger partial charge in [-0.25, -0.2) is 9.36 Å². The van der Waals surface area contributed by atoms with Crippen LogP contribution >= 0.6 is 7.60 Å². The first-order valence-electron chi connectivity index (χ1n) is 11.9. The number of carbonyl (C=O) groups is 1. The molecule has 3 N–H and O–H groups in total. The topological polar surface area (TPSA) is 166 Å². The summed E-state index contributed by atoms with van der Waals surface area (Å²) < 4.78 is 36.9. The Morgan fingerprint density at radius 3 is 2.53 bits per heavy atom. The molecule has 1 unspecified atom stereocenters. The molecular weight excluding hydrogens is 519 g/mol. The van der Waals surface area contributed by atoms with Gasteiger partial charge in [0, 0.05) is 12.3 Å². The number of hydrogen-bond donors (Lipinski definition) is 3. The quantitative estimate of drug-likeness (QED) is 0.224. The molecule has 3 rings (SSSR count). The maximum atomic E-state index is 13.8. The number of aliphatic hydroxyl groups excluding tert-OH is 1. The van der Waals surface area contributed by atoms with Gasteiger partial charge < -0.3 is 24.2 Å². The lowest BCUT2D eigenvalue weighted by molar-refractivity contribution is -0.151. The van der Waals surface area contributed by atoms with E-state index in [1.54, 1.807) is 44.2 Å². The third kappa shape index (κ3) is 6.81. The van der Waals surface area contributed by atoms with Crippen molar-refractivity contribution in [1.82, 2.24) is 9.55 Å². The Labute approximate surface area is 219 Å². The molecular formula is C25H31N2O10P. The molecule has 0 amide bonds. The van der Waals surface area contributed by atoms with Crippen LogP contribution in [0.2, 0.25) is 0 Å². The molecule has 1 aliphatic rings. The number of aliphatic hydroxyl groups is 2. The Bertz CT molecular complexity index is 1350. The molecule has 1 aromatic heterocycles. The average molecular weight is 551 g/mol. The number of H-pyrrole nitrogens is 1.